The molecule has 0 atom stereocenters. The molecule has 18 heavy (non-hydrogen) atoms. The fourth-order valence-electron chi connectivity index (χ4n) is 1.95. The molecule has 0 unspecified atom stereocenters. The summed E-state index contributed by atoms with van der Waals surface area (Å²) in [6.45, 7) is 0. The zero-order valence-corrected chi connectivity index (χ0v) is 10.1. The Balaban J connectivity index is 2.62. The average molecular weight is 248 g/mol. The molecule has 2 rings (SSSR count). The molecule has 1 aliphatic rings. The van der Waals surface area contributed by atoms with Gasteiger partial charge in [0.2, 0.25) is 5.75 Å². The maximum atomic E-state index is 11.0. The monoisotopic (exact) mass is 248 g/mol. The van der Waals surface area contributed by atoms with E-state index in [0.29, 0.717) is 5.56 Å². The lowest BCUT2D eigenvalue weighted by Crippen LogP contribution is -2.06. The van der Waals surface area contributed by atoms with Crippen LogP contribution in [0, 0.1) is 21.4 Å². The van der Waals surface area contributed by atoms with Crippen molar-refractivity contribution in [3.8, 4) is 17.6 Å². The van der Waals surface area contributed by atoms with Crippen molar-refractivity contribution in [2.24, 2.45) is 0 Å². The van der Waals surface area contributed by atoms with Gasteiger partial charge in [-0.25, -0.2) is 0 Å². The molecular formula is C12H12N2O4. The topological polar surface area (TPSA) is 85.4 Å². The van der Waals surface area contributed by atoms with Crippen molar-refractivity contribution in [2.75, 3.05) is 14.2 Å². The maximum Gasteiger partial charge on any atom is 0.315 e. The van der Waals surface area contributed by atoms with Crippen LogP contribution in [-0.2, 0) is 5.41 Å². The summed E-state index contributed by atoms with van der Waals surface area (Å²) in [5, 5.41) is 20.2. The van der Waals surface area contributed by atoms with Crippen LogP contribution >= 0.6 is 0 Å². The number of hydrogen-bond acceptors (Lipinski definition) is 5. The molecule has 0 radical (unpaired) electrons. The van der Waals surface area contributed by atoms with E-state index >= 15 is 0 Å². The average Bonchev–Trinajstić information content (AvgIpc) is 3.17. The molecule has 0 amide bonds. The Morgan fingerprint density at radius 1 is 1.39 bits per heavy atom. The van der Waals surface area contributed by atoms with Gasteiger partial charge in [0, 0.05) is 6.07 Å². The van der Waals surface area contributed by atoms with Crippen LogP contribution in [0.25, 0.3) is 0 Å². The van der Waals surface area contributed by atoms with Gasteiger partial charge in [0.15, 0.2) is 5.75 Å². The second kappa shape index (κ2) is 4.18. The molecule has 0 N–H and O–H groups in total. The third-order valence-electron chi connectivity index (χ3n) is 3.17. The number of nitrogens with zero attached hydrogens (tertiary/aromatic N) is 2. The van der Waals surface area contributed by atoms with E-state index in [2.05, 4.69) is 6.07 Å². The third kappa shape index (κ3) is 1.74. The third-order valence-corrected chi connectivity index (χ3v) is 3.17. The van der Waals surface area contributed by atoms with Crippen LogP contribution in [0.4, 0.5) is 5.69 Å². The minimum atomic E-state index is -0.593. The standard InChI is InChI=1S/C12H12N2O4/c1-17-10-6-8(12(7-13)3-4-12)5-9(14(15)16)11(10)18-2/h5-6H,3-4H2,1-2H3. The van der Waals surface area contributed by atoms with E-state index in [1.807, 2.05) is 0 Å². The van der Waals surface area contributed by atoms with Crippen LogP contribution in [0.5, 0.6) is 11.5 Å². The van der Waals surface area contributed by atoms with Gasteiger partial charge in [-0.05, 0) is 24.5 Å². The summed E-state index contributed by atoms with van der Waals surface area (Å²) in [6, 6.07) is 5.25. The molecular weight excluding hydrogens is 236 g/mol. The fraction of sp³-hybridized carbons (Fsp3) is 0.417. The minimum Gasteiger partial charge on any atom is -0.493 e. The smallest absolute Gasteiger partial charge is 0.315 e. The highest BCUT2D eigenvalue weighted by molar-refractivity contribution is 5.61. The summed E-state index contributed by atoms with van der Waals surface area (Å²) in [6.07, 6.45) is 1.44. The summed E-state index contributed by atoms with van der Waals surface area (Å²) in [5.41, 5.74) is -0.146. The summed E-state index contributed by atoms with van der Waals surface area (Å²) in [4.78, 5) is 10.5. The Kier molecular flexibility index (Phi) is 2.83. The first-order valence-corrected chi connectivity index (χ1v) is 5.40. The number of benzene rings is 1. The Labute approximate surface area is 104 Å². The summed E-state index contributed by atoms with van der Waals surface area (Å²) in [7, 11) is 2.76. The lowest BCUT2D eigenvalue weighted by molar-refractivity contribution is -0.385. The highest BCUT2D eigenvalue weighted by Crippen LogP contribution is 2.51. The van der Waals surface area contributed by atoms with Crippen LogP contribution in [0.15, 0.2) is 12.1 Å². The zero-order chi connectivity index (χ0) is 13.3. The van der Waals surface area contributed by atoms with E-state index in [1.165, 1.54) is 20.3 Å². The van der Waals surface area contributed by atoms with E-state index in [0.717, 1.165) is 12.8 Å². The normalized spacial score (nSPS) is 15.6. The van der Waals surface area contributed by atoms with Gasteiger partial charge in [0.25, 0.3) is 0 Å². The van der Waals surface area contributed by atoms with Gasteiger partial charge in [0.05, 0.1) is 30.6 Å². The van der Waals surface area contributed by atoms with E-state index in [9.17, 15) is 10.1 Å². The fourth-order valence-corrected chi connectivity index (χ4v) is 1.95. The van der Waals surface area contributed by atoms with E-state index in [1.54, 1.807) is 6.07 Å². The second-order valence-corrected chi connectivity index (χ2v) is 4.18. The number of methoxy groups -OCH3 is 2. The zero-order valence-electron chi connectivity index (χ0n) is 10.1. The number of ether oxygens (including phenoxy) is 2. The molecule has 0 bridgehead atoms. The van der Waals surface area contributed by atoms with Gasteiger partial charge in [-0.15, -0.1) is 0 Å². The Morgan fingerprint density at radius 3 is 2.44 bits per heavy atom. The summed E-state index contributed by atoms with van der Waals surface area (Å²) >= 11 is 0. The molecule has 0 aromatic heterocycles. The second-order valence-electron chi connectivity index (χ2n) is 4.18. The molecule has 0 saturated heterocycles. The highest BCUT2D eigenvalue weighted by atomic mass is 16.6. The van der Waals surface area contributed by atoms with Crippen molar-refractivity contribution in [1.29, 1.82) is 5.26 Å². The molecule has 6 nitrogen and oxygen atoms in total. The first-order valence-electron chi connectivity index (χ1n) is 5.40. The van der Waals surface area contributed by atoms with Gasteiger partial charge in [-0.1, -0.05) is 0 Å². The Morgan fingerprint density at radius 2 is 2.06 bits per heavy atom. The Hall–Kier alpha value is -2.29. The summed E-state index contributed by atoms with van der Waals surface area (Å²) in [5.74, 6) is 0.364. The van der Waals surface area contributed by atoms with Gasteiger partial charge >= 0.3 is 5.69 Å². The van der Waals surface area contributed by atoms with Crippen molar-refractivity contribution in [3.63, 3.8) is 0 Å². The van der Waals surface area contributed by atoms with Gasteiger partial charge in [-0.3, -0.25) is 10.1 Å². The van der Waals surface area contributed by atoms with Crippen molar-refractivity contribution in [2.45, 2.75) is 18.3 Å². The number of nitriles is 1. The van der Waals surface area contributed by atoms with Crippen molar-refractivity contribution >= 4 is 5.69 Å². The van der Waals surface area contributed by atoms with Crippen LogP contribution < -0.4 is 9.47 Å². The number of nitro groups is 1. The predicted molar refractivity (Wildman–Crippen MR) is 62.7 cm³/mol. The molecule has 94 valence electrons. The number of hydrogen-bond donors (Lipinski definition) is 0. The predicted octanol–water partition coefficient (Wildman–Crippen LogP) is 2.17. The lowest BCUT2D eigenvalue weighted by atomic mass is 9.96. The maximum absolute atomic E-state index is 11.0. The van der Waals surface area contributed by atoms with Crippen molar-refractivity contribution in [3.05, 3.63) is 27.8 Å². The van der Waals surface area contributed by atoms with Crippen LogP contribution in [0.2, 0.25) is 0 Å². The van der Waals surface area contributed by atoms with E-state index in [4.69, 9.17) is 14.7 Å². The van der Waals surface area contributed by atoms with Crippen LogP contribution in [-0.4, -0.2) is 19.1 Å². The molecule has 0 heterocycles. The minimum absolute atomic E-state index is 0.0833. The largest absolute Gasteiger partial charge is 0.493 e. The molecule has 0 spiro atoms. The quantitative estimate of drug-likeness (QED) is 0.602. The van der Waals surface area contributed by atoms with Crippen molar-refractivity contribution in [1.82, 2.24) is 0 Å². The van der Waals surface area contributed by atoms with Gasteiger partial charge in [-0.2, -0.15) is 5.26 Å². The molecule has 6 heteroatoms. The highest BCUT2D eigenvalue weighted by Gasteiger charge is 2.46. The van der Waals surface area contributed by atoms with E-state index in [-0.39, 0.29) is 17.2 Å². The molecule has 0 aliphatic heterocycles. The van der Waals surface area contributed by atoms with Crippen LogP contribution in [0.3, 0.4) is 0 Å². The van der Waals surface area contributed by atoms with E-state index < -0.39 is 10.3 Å². The Bertz CT molecular complexity index is 544. The number of rotatable bonds is 4. The van der Waals surface area contributed by atoms with Crippen LogP contribution in [0.1, 0.15) is 18.4 Å². The summed E-state index contributed by atoms with van der Waals surface area (Å²) < 4.78 is 10.1. The molecule has 1 aromatic rings. The molecule has 1 aliphatic carbocycles. The molecule has 1 fully saturated rings. The first kappa shape index (κ1) is 12.2. The molecule has 1 aromatic carbocycles. The molecule has 1 saturated carbocycles. The van der Waals surface area contributed by atoms with Gasteiger partial charge in [0.1, 0.15) is 0 Å². The number of nitro benzene ring substituents is 1. The van der Waals surface area contributed by atoms with Gasteiger partial charge < -0.3 is 9.47 Å². The van der Waals surface area contributed by atoms with Crippen molar-refractivity contribution < 1.29 is 14.4 Å². The first-order chi connectivity index (χ1) is 8.57. The SMILES string of the molecule is COc1cc(C2(C#N)CC2)cc([N+](=O)[O-])c1OC. The lowest BCUT2D eigenvalue weighted by Gasteiger charge is -2.12.